The second-order valence-electron chi connectivity index (χ2n) is 21.7. The molecule has 0 saturated heterocycles. The summed E-state index contributed by atoms with van der Waals surface area (Å²) >= 11 is 3.12. The number of unbranched alkanes of at least 4 members (excludes halogenated alkanes) is 1. The van der Waals surface area contributed by atoms with Crippen molar-refractivity contribution in [3.63, 3.8) is 0 Å². The van der Waals surface area contributed by atoms with Gasteiger partial charge in [0.15, 0.2) is 0 Å². The number of hydrogen-bond acceptors (Lipinski definition) is 6. The SMILES string of the molecule is Cc1cc(C)c(-c2cc(-c3scc(-c4ccccc4OCCCCOc4ccccc4-c4csc(-c5cc(-c6c(C)cc(C)cc6C)cc(-c6c(C)cc(C)cc6C)c5)c4O)c3O)cc(-c3c(C)cc(C)cc3C)c2)c(C)c1. The lowest BCUT2D eigenvalue weighted by Gasteiger charge is -2.18. The minimum absolute atomic E-state index is 0.253. The van der Waals surface area contributed by atoms with Crippen molar-refractivity contribution in [1.82, 2.24) is 0 Å². The number of rotatable bonds is 15. The van der Waals surface area contributed by atoms with E-state index in [2.05, 4.69) is 179 Å². The molecule has 2 N–H and O–H groups in total. The van der Waals surface area contributed by atoms with Crippen LogP contribution < -0.4 is 9.47 Å². The molecule has 0 amide bonds. The minimum atomic E-state index is 0.253. The molecule has 2 aromatic heterocycles. The van der Waals surface area contributed by atoms with E-state index in [0.717, 1.165) is 89.7 Å². The molecule has 6 heteroatoms. The smallest absolute Gasteiger partial charge is 0.142 e. The Labute approximate surface area is 470 Å². The lowest BCUT2D eigenvalue weighted by Crippen LogP contribution is -2.03. The van der Waals surface area contributed by atoms with Crippen LogP contribution in [0.3, 0.4) is 0 Å². The van der Waals surface area contributed by atoms with Crippen LogP contribution >= 0.6 is 22.7 Å². The average Bonchev–Trinajstić information content (AvgIpc) is 4.00. The van der Waals surface area contributed by atoms with E-state index in [0.29, 0.717) is 13.2 Å². The molecule has 0 aliphatic heterocycles. The molecule has 0 atom stereocenters. The summed E-state index contributed by atoms with van der Waals surface area (Å²) in [4.78, 5) is 1.65. The molecule has 8 aromatic carbocycles. The largest absolute Gasteiger partial charge is 0.506 e. The molecule has 0 unspecified atom stereocenters. The Kier molecular flexibility index (Phi) is 15.4. The first-order chi connectivity index (χ1) is 37.4. The molecule has 4 nitrogen and oxygen atoms in total. The van der Waals surface area contributed by atoms with E-state index in [1.54, 1.807) is 22.7 Å². The third-order valence-corrected chi connectivity index (χ3v) is 17.2. The maximum Gasteiger partial charge on any atom is 0.142 e. The number of benzene rings is 8. The van der Waals surface area contributed by atoms with Crippen molar-refractivity contribution in [2.75, 3.05) is 13.2 Å². The van der Waals surface area contributed by atoms with Gasteiger partial charge in [-0.1, -0.05) is 107 Å². The molecule has 0 aliphatic rings. The number of aryl methyl sites for hydroxylation is 12. The summed E-state index contributed by atoms with van der Waals surface area (Å²) in [5.41, 5.74) is 29.5. The lowest BCUT2D eigenvalue weighted by molar-refractivity contribution is 0.267. The van der Waals surface area contributed by atoms with E-state index in [-0.39, 0.29) is 11.5 Å². The van der Waals surface area contributed by atoms with Crippen molar-refractivity contribution in [1.29, 1.82) is 0 Å². The highest BCUT2D eigenvalue weighted by molar-refractivity contribution is 7.14. The van der Waals surface area contributed by atoms with Crippen molar-refractivity contribution >= 4 is 22.7 Å². The molecular weight excluding hydrogens is 993 g/mol. The van der Waals surface area contributed by atoms with Crippen molar-refractivity contribution in [2.45, 2.75) is 95.9 Å². The summed E-state index contributed by atoms with van der Waals surface area (Å²) in [6.45, 7) is 27.1. The highest BCUT2D eigenvalue weighted by Gasteiger charge is 2.23. The number of thiophene rings is 2. The van der Waals surface area contributed by atoms with Crippen LogP contribution in [0.1, 0.15) is 79.6 Å². The van der Waals surface area contributed by atoms with Gasteiger partial charge in [-0.25, -0.2) is 0 Å². The van der Waals surface area contributed by atoms with E-state index in [1.807, 2.05) is 48.5 Å². The highest BCUT2D eigenvalue weighted by atomic mass is 32.1. The van der Waals surface area contributed by atoms with E-state index < -0.39 is 0 Å². The van der Waals surface area contributed by atoms with Gasteiger partial charge in [-0.3, -0.25) is 0 Å². The molecule has 10 aromatic rings. The van der Waals surface area contributed by atoms with Gasteiger partial charge >= 0.3 is 0 Å². The predicted molar refractivity (Wildman–Crippen MR) is 333 cm³/mol. The van der Waals surface area contributed by atoms with Crippen LogP contribution in [0.4, 0.5) is 0 Å². The number of ether oxygens (including phenoxy) is 2. The molecule has 78 heavy (non-hydrogen) atoms. The molecule has 0 spiro atoms. The molecular formula is C72H70O4S2. The molecule has 394 valence electrons. The summed E-state index contributed by atoms with van der Waals surface area (Å²) in [7, 11) is 0. The van der Waals surface area contributed by atoms with Crippen LogP contribution in [0.15, 0.2) is 144 Å². The fraction of sp³-hybridized carbons (Fsp3) is 0.222. The molecule has 10 rings (SSSR count). The van der Waals surface area contributed by atoms with Gasteiger partial charge in [-0.15, -0.1) is 22.7 Å². The first-order valence-corrected chi connectivity index (χ1v) is 28.9. The Morgan fingerprint density at radius 2 is 0.577 bits per heavy atom. The van der Waals surface area contributed by atoms with Crippen molar-refractivity contribution in [3.05, 3.63) is 211 Å². The van der Waals surface area contributed by atoms with Gasteiger partial charge in [-0.2, -0.15) is 0 Å². The van der Waals surface area contributed by atoms with Crippen molar-refractivity contribution in [3.8, 4) is 111 Å². The van der Waals surface area contributed by atoms with Crippen molar-refractivity contribution in [2.24, 2.45) is 0 Å². The van der Waals surface area contributed by atoms with Crippen molar-refractivity contribution < 1.29 is 19.7 Å². The zero-order valence-electron chi connectivity index (χ0n) is 47.2. The minimum Gasteiger partial charge on any atom is -0.506 e. The Morgan fingerprint density at radius 1 is 0.321 bits per heavy atom. The fourth-order valence-corrected chi connectivity index (χ4v) is 14.2. The third kappa shape index (κ3) is 10.8. The molecule has 0 bridgehead atoms. The van der Waals surface area contributed by atoms with E-state index in [4.69, 9.17) is 9.47 Å². The van der Waals surface area contributed by atoms with Crippen LogP contribution in [-0.2, 0) is 0 Å². The second-order valence-corrected chi connectivity index (χ2v) is 23.5. The van der Waals surface area contributed by atoms with Gasteiger partial charge < -0.3 is 19.7 Å². The molecule has 0 saturated carbocycles. The van der Waals surface area contributed by atoms with Gasteiger partial charge in [0.05, 0.1) is 23.0 Å². The fourth-order valence-electron chi connectivity index (χ4n) is 12.3. The summed E-state index contributed by atoms with van der Waals surface area (Å²) in [5.74, 6) is 1.96. The Morgan fingerprint density at radius 3 is 0.859 bits per heavy atom. The summed E-state index contributed by atoms with van der Waals surface area (Å²) in [5, 5.41) is 28.5. The van der Waals surface area contributed by atoms with Crippen LogP contribution in [0.2, 0.25) is 0 Å². The third-order valence-electron chi connectivity index (χ3n) is 15.2. The van der Waals surface area contributed by atoms with Crippen LogP contribution in [0.25, 0.3) is 87.6 Å². The molecule has 0 aliphatic carbocycles. The summed E-state index contributed by atoms with van der Waals surface area (Å²) in [6, 6.07) is 47.6. The zero-order chi connectivity index (χ0) is 55.1. The van der Waals surface area contributed by atoms with Crippen LogP contribution in [-0.4, -0.2) is 23.4 Å². The summed E-state index contributed by atoms with van der Waals surface area (Å²) in [6.07, 6.45) is 1.52. The molecule has 2 heterocycles. The van der Waals surface area contributed by atoms with E-state index >= 15 is 0 Å². The van der Waals surface area contributed by atoms with Gasteiger partial charge in [0.25, 0.3) is 0 Å². The zero-order valence-corrected chi connectivity index (χ0v) is 48.8. The van der Waals surface area contributed by atoms with Gasteiger partial charge in [0.1, 0.15) is 23.0 Å². The number of hydrogen-bond donors (Lipinski definition) is 2. The topological polar surface area (TPSA) is 58.9 Å². The first kappa shape index (κ1) is 53.7. The normalized spacial score (nSPS) is 11.4. The Hall–Kier alpha value is -7.64. The lowest BCUT2D eigenvalue weighted by atomic mass is 9.87. The Balaban J connectivity index is 0.860. The predicted octanol–water partition coefficient (Wildman–Crippen LogP) is 20.5. The molecule has 0 fully saturated rings. The Bertz CT molecular complexity index is 3420. The maximum absolute atomic E-state index is 12.2. The van der Waals surface area contributed by atoms with Gasteiger partial charge in [0, 0.05) is 33.0 Å². The maximum atomic E-state index is 12.2. The second kappa shape index (κ2) is 22.4. The highest BCUT2D eigenvalue weighted by Crippen LogP contribution is 2.50. The molecule has 0 radical (unpaired) electrons. The monoisotopic (exact) mass is 1060 g/mol. The number of para-hydroxylation sites is 2. The van der Waals surface area contributed by atoms with E-state index in [9.17, 15) is 10.2 Å². The summed E-state index contributed by atoms with van der Waals surface area (Å²) < 4.78 is 13.0. The quantitative estimate of drug-likeness (QED) is 0.100. The van der Waals surface area contributed by atoms with Crippen LogP contribution in [0, 0.1) is 83.1 Å². The van der Waals surface area contributed by atoms with Crippen LogP contribution in [0.5, 0.6) is 23.0 Å². The number of aromatic hydroxyl groups is 2. The standard InChI is InChI=1S/C72H70O4S2/c1-41-25-45(5)65(46(6)26-41)53-33-54(66-47(7)27-42(2)28-48(66)8)36-57(35-53)71-69(73)61(39-77-71)59-19-13-15-21-63(59)75-23-17-18-24-76-64-22-16-14-20-60(64)62-40-78-72(70(62)74)58-37-55(67-49(9)29-43(3)30-50(67)10)34-56(38-58)68-51(11)31-44(4)32-52(68)12/h13-16,19-22,25-40,73-74H,17-18,23-24H2,1-12H3. The van der Waals surface area contributed by atoms with E-state index in [1.165, 1.54) is 89.0 Å². The van der Waals surface area contributed by atoms with Gasteiger partial charge in [-0.05, 0) is 245 Å². The van der Waals surface area contributed by atoms with Gasteiger partial charge in [0.2, 0.25) is 0 Å². The first-order valence-electron chi connectivity index (χ1n) is 27.1. The average molecular weight is 1060 g/mol.